The van der Waals surface area contributed by atoms with Crippen molar-refractivity contribution in [2.24, 2.45) is 4.36 Å². The quantitative estimate of drug-likeness (QED) is 0.478. The third-order valence-electron chi connectivity index (χ3n) is 2.62. The SMILES string of the molecule is CSc1nc(Cl)cc(CS(C)(=O)=NC(=O)c2ccccc2)n1. The van der Waals surface area contributed by atoms with Crippen molar-refractivity contribution < 1.29 is 9.00 Å². The predicted octanol–water partition coefficient (Wildman–Crippen LogP) is 3.29. The zero-order valence-electron chi connectivity index (χ0n) is 12.0. The van der Waals surface area contributed by atoms with Gasteiger partial charge >= 0.3 is 0 Å². The standard InChI is InChI=1S/C14H14ClN3O2S2/c1-21-14-16-11(8-12(15)17-14)9-22(2,20)18-13(19)10-6-4-3-5-7-10/h3-8H,9H2,1-2H3. The maximum Gasteiger partial charge on any atom is 0.285 e. The van der Waals surface area contributed by atoms with Gasteiger partial charge in [0.15, 0.2) is 5.16 Å². The second-order valence-corrected chi connectivity index (χ2v) is 8.09. The van der Waals surface area contributed by atoms with E-state index in [1.807, 2.05) is 6.26 Å². The smallest absolute Gasteiger partial charge is 0.266 e. The molecule has 116 valence electrons. The molecule has 1 amide bonds. The Morgan fingerprint density at radius 2 is 2.00 bits per heavy atom. The monoisotopic (exact) mass is 355 g/mol. The minimum atomic E-state index is -2.76. The Kier molecular flexibility index (Phi) is 5.55. The number of benzene rings is 1. The minimum Gasteiger partial charge on any atom is -0.266 e. The Labute approximate surface area is 138 Å². The molecule has 0 radical (unpaired) electrons. The van der Waals surface area contributed by atoms with Crippen molar-refractivity contribution in [2.75, 3.05) is 12.5 Å². The molecule has 0 aliphatic rings. The summed E-state index contributed by atoms with van der Waals surface area (Å²) in [5, 5.41) is 0.769. The van der Waals surface area contributed by atoms with E-state index in [0.29, 0.717) is 16.4 Å². The Bertz CT molecular complexity index is 803. The lowest BCUT2D eigenvalue weighted by molar-refractivity contribution is 0.100. The molecular formula is C14H14ClN3O2S2. The fourth-order valence-electron chi connectivity index (χ4n) is 1.72. The Hall–Kier alpha value is -1.44. The van der Waals surface area contributed by atoms with E-state index in [-0.39, 0.29) is 10.9 Å². The van der Waals surface area contributed by atoms with Crippen LogP contribution >= 0.6 is 23.4 Å². The number of rotatable bonds is 4. The van der Waals surface area contributed by atoms with Gasteiger partial charge in [-0.1, -0.05) is 41.6 Å². The first-order chi connectivity index (χ1) is 10.4. The Morgan fingerprint density at radius 1 is 1.32 bits per heavy atom. The number of thioether (sulfide) groups is 1. The summed E-state index contributed by atoms with van der Waals surface area (Å²) >= 11 is 7.24. The van der Waals surface area contributed by atoms with Crippen LogP contribution in [-0.4, -0.2) is 32.6 Å². The van der Waals surface area contributed by atoms with Gasteiger partial charge in [-0.3, -0.25) is 4.79 Å². The normalized spacial score (nSPS) is 13.4. The molecule has 8 heteroatoms. The summed E-state index contributed by atoms with van der Waals surface area (Å²) in [5.74, 6) is -0.459. The molecule has 1 aromatic heterocycles. The molecule has 1 unspecified atom stereocenters. The van der Waals surface area contributed by atoms with Crippen LogP contribution < -0.4 is 0 Å². The number of nitrogens with zero attached hydrogens (tertiary/aromatic N) is 3. The number of halogens is 1. The van der Waals surface area contributed by atoms with Gasteiger partial charge in [0.2, 0.25) is 0 Å². The second-order valence-electron chi connectivity index (χ2n) is 4.53. The first kappa shape index (κ1) is 16.9. The molecule has 0 bridgehead atoms. The lowest BCUT2D eigenvalue weighted by atomic mass is 10.2. The number of carbonyl (C=O) groups excluding carboxylic acids is 1. The number of hydrogen-bond donors (Lipinski definition) is 0. The van der Waals surface area contributed by atoms with Crippen LogP contribution in [0.3, 0.4) is 0 Å². The maximum absolute atomic E-state index is 12.6. The Balaban J connectivity index is 2.27. The maximum atomic E-state index is 12.6. The molecule has 1 aromatic carbocycles. The molecule has 0 N–H and O–H groups in total. The first-order valence-corrected chi connectivity index (χ1v) is 9.96. The highest BCUT2D eigenvalue weighted by Gasteiger charge is 2.12. The molecule has 22 heavy (non-hydrogen) atoms. The van der Waals surface area contributed by atoms with Crippen molar-refractivity contribution in [3.8, 4) is 0 Å². The summed E-state index contributed by atoms with van der Waals surface area (Å²) in [6, 6.07) is 10.1. The fourth-order valence-corrected chi connectivity index (χ4v) is 3.59. The van der Waals surface area contributed by atoms with Crippen LogP contribution in [0.5, 0.6) is 0 Å². The van der Waals surface area contributed by atoms with Gasteiger partial charge in [-0.25, -0.2) is 14.2 Å². The van der Waals surface area contributed by atoms with Gasteiger partial charge in [0.05, 0.1) is 21.2 Å². The van der Waals surface area contributed by atoms with E-state index in [4.69, 9.17) is 11.6 Å². The van der Waals surface area contributed by atoms with Gasteiger partial charge in [-0.2, -0.15) is 4.36 Å². The van der Waals surface area contributed by atoms with Crippen molar-refractivity contribution in [1.29, 1.82) is 0 Å². The number of aromatic nitrogens is 2. The van der Waals surface area contributed by atoms with Gasteiger partial charge in [0.25, 0.3) is 5.91 Å². The van der Waals surface area contributed by atoms with E-state index >= 15 is 0 Å². The van der Waals surface area contributed by atoms with Crippen LogP contribution in [0, 0.1) is 0 Å². The summed E-state index contributed by atoms with van der Waals surface area (Å²) in [4.78, 5) is 20.3. The third-order valence-corrected chi connectivity index (χ3v) is 4.75. The van der Waals surface area contributed by atoms with Crippen LogP contribution in [0.4, 0.5) is 0 Å². The van der Waals surface area contributed by atoms with Gasteiger partial charge in [-0.05, 0) is 24.5 Å². The summed E-state index contributed by atoms with van der Waals surface area (Å²) < 4.78 is 16.4. The second kappa shape index (κ2) is 7.21. The summed E-state index contributed by atoms with van der Waals surface area (Å²) in [7, 11) is -2.76. The minimum absolute atomic E-state index is 0.0430. The highest BCUT2D eigenvalue weighted by molar-refractivity contribution is 7.98. The molecule has 0 spiro atoms. The largest absolute Gasteiger partial charge is 0.285 e. The highest BCUT2D eigenvalue weighted by atomic mass is 35.5. The number of amides is 1. The van der Waals surface area contributed by atoms with Crippen LogP contribution in [0.2, 0.25) is 5.15 Å². The van der Waals surface area contributed by atoms with Crippen molar-refractivity contribution in [1.82, 2.24) is 9.97 Å². The molecule has 0 saturated heterocycles. The van der Waals surface area contributed by atoms with Crippen LogP contribution in [0.1, 0.15) is 16.1 Å². The van der Waals surface area contributed by atoms with E-state index in [1.54, 1.807) is 30.3 Å². The number of hydrogen-bond acceptors (Lipinski definition) is 5. The Morgan fingerprint density at radius 3 is 2.64 bits per heavy atom. The molecule has 0 aliphatic heterocycles. The van der Waals surface area contributed by atoms with Crippen molar-refractivity contribution in [3.63, 3.8) is 0 Å². The molecule has 0 fully saturated rings. The average molecular weight is 356 g/mol. The van der Waals surface area contributed by atoms with E-state index in [2.05, 4.69) is 14.3 Å². The molecule has 2 rings (SSSR count). The molecular weight excluding hydrogens is 342 g/mol. The third kappa shape index (κ3) is 4.79. The van der Waals surface area contributed by atoms with Crippen LogP contribution in [-0.2, 0) is 15.5 Å². The predicted molar refractivity (Wildman–Crippen MR) is 89.8 cm³/mol. The van der Waals surface area contributed by atoms with Crippen molar-refractivity contribution in [3.05, 3.63) is 52.8 Å². The lowest BCUT2D eigenvalue weighted by Crippen LogP contribution is -2.08. The topological polar surface area (TPSA) is 72.3 Å². The number of carbonyl (C=O) groups is 1. The highest BCUT2D eigenvalue weighted by Crippen LogP contribution is 2.16. The van der Waals surface area contributed by atoms with Gasteiger partial charge in [0, 0.05) is 11.8 Å². The molecule has 2 aromatic rings. The molecule has 5 nitrogen and oxygen atoms in total. The molecule has 1 atom stereocenters. The lowest BCUT2D eigenvalue weighted by Gasteiger charge is -2.05. The van der Waals surface area contributed by atoms with E-state index in [1.165, 1.54) is 24.1 Å². The summed E-state index contributed by atoms with van der Waals surface area (Å²) in [5.41, 5.74) is 0.907. The molecule has 0 saturated carbocycles. The van der Waals surface area contributed by atoms with Gasteiger partial charge in [0.1, 0.15) is 5.15 Å². The van der Waals surface area contributed by atoms with E-state index in [0.717, 1.165) is 0 Å². The van der Waals surface area contributed by atoms with Crippen molar-refractivity contribution in [2.45, 2.75) is 10.9 Å². The first-order valence-electron chi connectivity index (χ1n) is 6.26. The van der Waals surface area contributed by atoms with Gasteiger partial charge < -0.3 is 0 Å². The molecule has 1 heterocycles. The zero-order chi connectivity index (χ0) is 16.2. The summed E-state index contributed by atoms with van der Waals surface area (Å²) in [6.45, 7) is 0. The van der Waals surface area contributed by atoms with E-state index in [9.17, 15) is 9.00 Å². The average Bonchev–Trinajstić information content (AvgIpc) is 2.46. The van der Waals surface area contributed by atoms with Crippen LogP contribution in [0.15, 0.2) is 45.9 Å². The molecule has 0 aliphatic carbocycles. The van der Waals surface area contributed by atoms with Gasteiger partial charge in [-0.15, -0.1) is 0 Å². The van der Waals surface area contributed by atoms with E-state index < -0.39 is 15.6 Å². The fraction of sp³-hybridized carbons (Fsp3) is 0.214. The summed E-state index contributed by atoms with van der Waals surface area (Å²) in [6.07, 6.45) is 3.25. The zero-order valence-corrected chi connectivity index (χ0v) is 14.4. The van der Waals surface area contributed by atoms with Crippen LogP contribution in [0.25, 0.3) is 0 Å². The van der Waals surface area contributed by atoms with Crippen molar-refractivity contribution >= 4 is 39.0 Å².